The van der Waals surface area contributed by atoms with Crippen molar-refractivity contribution in [2.24, 2.45) is 0 Å². The maximum atomic E-state index is 5.40. The minimum Gasteiger partial charge on any atom is -0.381 e. The number of rotatable bonds is 4. The minimum atomic E-state index is 0.499. The van der Waals surface area contributed by atoms with E-state index in [1.807, 2.05) is 18.4 Å². The van der Waals surface area contributed by atoms with Crippen LogP contribution in [0.5, 0.6) is 0 Å². The van der Waals surface area contributed by atoms with Gasteiger partial charge < -0.3 is 10.1 Å². The van der Waals surface area contributed by atoms with E-state index in [1.54, 1.807) is 0 Å². The summed E-state index contributed by atoms with van der Waals surface area (Å²) in [5, 5.41) is 3.68. The molecule has 1 aliphatic rings. The third kappa shape index (κ3) is 3.54. The van der Waals surface area contributed by atoms with Crippen LogP contribution in [-0.4, -0.2) is 19.3 Å². The van der Waals surface area contributed by atoms with E-state index in [-0.39, 0.29) is 0 Å². The summed E-state index contributed by atoms with van der Waals surface area (Å²) < 4.78 is 5.40. The summed E-state index contributed by atoms with van der Waals surface area (Å²) >= 11 is 1.92. The molecular formula is C14H23NOS. The topological polar surface area (TPSA) is 21.3 Å². The Morgan fingerprint density at radius 3 is 2.53 bits per heavy atom. The summed E-state index contributed by atoms with van der Waals surface area (Å²) in [5.41, 5.74) is 1.43. The van der Waals surface area contributed by atoms with Gasteiger partial charge in [0.25, 0.3) is 0 Å². The molecule has 0 amide bonds. The monoisotopic (exact) mass is 253 g/mol. The van der Waals surface area contributed by atoms with Crippen LogP contribution in [0.3, 0.4) is 0 Å². The van der Waals surface area contributed by atoms with E-state index in [2.05, 4.69) is 25.2 Å². The molecule has 1 aromatic heterocycles. The summed E-state index contributed by atoms with van der Waals surface area (Å²) in [6.45, 7) is 5.42. The molecular weight excluding hydrogens is 230 g/mol. The number of aryl methyl sites for hydroxylation is 2. The van der Waals surface area contributed by atoms with Crippen molar-refractivity contribution in [1.29, 1.82) is 0 Å². The summed E-state index contributed by atoms with van der Waals surface area (Å²) in [5.74, 6) is 0. The van der Waals surface area contributed by atoms with Gasteiger partial charge in [-0.3, -0.25) is 0 Å². The molecule has 1 fully saturated rings. The zero-order valence-electron chi connectivity index (χ0n) is 11.1. The van der Waals surface area contributed by atoms with E-state index in [0.29, 0.717) is 12.1 Å². The summed E-state index contributed by atoms with van der Waals surface area (Å²) in [7, 11) is 1.83. The molecule has 3 heteroatoms. The fourth-order valence-electron chi connectivity index (χ4n) is 2.48. The normalized spacial score (nSPS) is 25.1. The van der Waals surface area contributed by atoms with Crippen LogP contribution in [0.2, 0.25) is 0 Å². The lowest BCUT2D eigenvalue weighted by Gasteiger charge is -2.28. The molecule has 0 atom stereocenters. The number of nitrogens with one attached hydrogen (secondary N) is 1. The molecule has 2 rings (SSSR count). The molecule has 17 heavy (non-hydrogen) atoms. The van der Waals surface area contributed by atoms with E-state index < -0.39 is 0 Å². The summed E-state index contributed by atoms with van der Waals surface area (Å²) in [4.78, 5) is 2.92. The van der Waals surface area contributed by atoms with Crippen LogP contribution in [0.1, 0.15) is 41.0 Å². The van der Waals surface area contributed by atoms with Crippen molar-refractivity contribution in [1.82, 2.24) is 5.32 Å². The Balaban J connectivity index is 1.75. The van der Waals surface area contributed by atoms with Crippen molar-refractivity contribution in [3.05, 3.63) is 21.4 Å². The van der Waals surface area contributed by atoms with E-state index in [0.717, 1.165) is 6.54 Å². The van der Waals surface area contributed by atoms with Gasteiger partial charge in [-0.15, -0.1) is 11.3 Å². The fourth-order valence-corrected chi connectivity index (χ4v) is 3.49. The predicted molar refractivity (Wildman–Crippen MR) is 73.7 cm³/mol. The number of hydrogen-bond donors (Lipinski definition) is 1. The molecule has 1 heterocycles. The molecule has 2 nitrogen and oxygen atoms in total. The van der Waals surface area contributed by atoms with Crippen LogP contribution < -0.4 is 5.32 Å². The lowest BCUT2D eigenvalue weighted by molar-refractivity contribution is 0.0624. The first-order valence-corrected chi connectivity index (χ1v) is 7.32. The SMILES string of the molecule is COC1CCC(NCc2cc(C)c(C)s2)CC1. The standard InChI is InChI=1S/C14H23NOS/c1-10-8-14(17-11(10)2)9-15-12-4-6-13(16-3)7-5-12/h8,12-13,15H,4-7,9H2,1-3H3. The first-order chi connectivity index (χ1) is 8.19. The number of methoxy groups -OCH3 is 1. The van der Waals surface area contributed by atoms with Gasteiger partial charge >= 0.3 is 0 Å². The molecule has 1 N–H and O–H groups in total. The van der Waals surface area contributed by atoms with Gasteiger partial charge in [-0.05, 0) is 51.2 Å². The molecule has 1 saturated carbocycles. The Morgan fingerprint density at radius 2 is 2.00 bits per heavy atom. The molecule has 0 aliphatic heterocycles. The highest BCUT2D eigenvalue weighted by Crippen LogP contribution is 2.23. The van der Waals surface area contributed by atoms with Crippen molar-refractivity contribution < 1.29 is 4.74 Å². The average Bonchev–Trinajstić information content (AvgIpc) is 2.67. The molecule has 0 aromatic carbocycles. The number of ether oxygens (including phenoxy) is 1. The lowest BCUT2D eigenvalue weighted by atomic mass is 9.93. The van der Waals surface area contributed by atoms with Crippen molar-refractivity contribution >= 4 is 11.3 Å². The summed E-state index contributed by atoms with van der Waals surface area (Å²) in [6.07, 6.45) is 5.41. The third-order valence-electron chi connectivity index (χ3n) is 3.79. The van der Waals surface area contributed by atoms with E-state index >= 15 is 0 Å². The Bertz CT molecular complexity index is 334. The quantitative estimate of drug-likeness (QED) is 0.888. The fraction of sp³-hybridized carbons (Fsp3) is 0.714. The molecule has 0 unspecified atom stereocenters. The maximum Gasteiger partial charge on any atom is 0.0572 e. The molecule has 96 valence electrons. The largest absolute Gasteiger partial charge is 0.381 e. The predicted octanol–water partition coefficient (Wildman–Crippen LogP) is 3.41. The molecule has 0 bridgehead atoms. The van der Waals surface area contributed by atoms with Crippen molar-refractivity contribution in [2.45, 2.75) is 58.2 Å². The average molecular weight is 253 g/mol. The Hall–Kier alpha value is -0.380. The summed E-state index contributed by atoms with van der Waals surface area (Å²) in [6, 6.07) is 3.00. The Morgan fingerprint density at radius 1 is 1.29 bits per heavy atom. The molecule has 1 aromatic rings. The minimum absolute atomic E-state index is 0.499. The van der Waals surface area contributed by atoms with Crippen LogP contribution in [0, 0.1) is 13.8 Å². The van der Waals surface area contributed by atoms with Crippen LogP contribution >= 0.6 is 11.3 Å². The van der Waals surface area contributed by atoms with E-state index in [1.165, 1.54) is 41.0 Å². The van der Waals surface area contributed by atoms with E-state index in [9.17, 15) is 0 Å². The van der Waals surface area contributed by atoms with Gasteiger partial charge in [-0.25, -0.2) is 0 Å². The zero-order chi connectivity index (χ0) is 12.3. The smallest absolute Gasteiger partial charge is 0.0572 e. The van der Waals surface area contributed by atoms with Gasteiger partial charge in [0.15, 0.2) is 0 Å². The third-order valence-corrected chi connectivity index (χ3v) is 4.94. The van der Waals surface area contributed by atoms with Crippen LogP contribution in [0.15, 0.2) is 6.07 Å². The highest BCUT2D eigenvalue weighted by atomic mass is 32.1. The van der Waals surface area contributed by atoms with Crippen LogP contribution in [0.25, 0.3) is 0 Å². The van der Waals surface area contributed by atoms with Gasteiger partial charge in [-0.2, -0.15) is 0 Å². The first kappa shape index (κ1) is 13.1. The molecule has 0 spiro atoms. The Kier molecular flexibility index (Phi) is 4.60. The van der Waals surface area contributed by atoms with Crippen molar-refractivity contribution in [3.8, 4) is 0 Å². The zero-order valence-corrected chi connectivity index (χ0v) is 11.9. The second-order valence-corrected chi connectivity index (χ2v) is 6.38. The molecule has 0 saturated heterocycles. The second kappa shape index (κ2) is 5.98. The van der Waals surface area contributed by atoms with Gasteiger partial charge in [0.2, 0.25) is 0 Å². The van der Waals surface area contributed by atoms with Gasteiger partial charge in [-0.1, -0.05) is 0 Å². The highest BCUT2D eigenvalue weighted by Gasteiger charge is 2.20. The first-order valence-electron chi connectivity index (χ1n) is 6.51. The second-order valence-electron chi connectivity index (χ2n) is 5.04. The van der Waals surface area contributed by atoms with Crippen molar-refractivity contribution in [3.63, 3.8) is 0 Å². The van der Waals surface area contributed by atoms with Gasteiger partial charge in [0, 0.05) is 29.5 Å². The van der Waals surface area contributed by atoms with Crippen molar-refractivity contribution in [2.75, 3.05) is 7.11 Å². The van der Waals surface area contributed by atoms with Crippen LogP contribution in [-0.2, 0) is 11.3 Å². The number of hydrogen-bond acceptors (Lipinski definition) is 3. The van der Waals surface area contributed by atoms with Gasteiger partial charge in [0.05, 0.1) is 6.10 Å². The van der Waals surface area contributed by atoms with E-state index in [4.69, 9.17) is 4.74 Å². The van der Waals surface area contributed by atoms with Gasteiger partial charge in [0.1, 0.15) is 0 Å². The Labute approximate surface area is 108 Å². The highest BCUT2D eigenvalue weighted by molar-refractivity contribution is 7.12. The molecule has 0 radical (unpaired) electrons. The molecule has 1 aliphatic carbocycles. The maximum absolute atomic E-state index is 5.40. The lowest BCUT2D eigenvalue weighted by Crippen LogP contribution is -2.34. The number of thiophene rings is 1. The van der Waals surface area contributed by atoms with Crippen LogP contribution in [0.4, 0.5) is 0 Å².